The zero-order valence-electron chi connectivity index (χ0n) is 10.6. The fourth-order valence-corrected chi connectivity index (χ4v) is 2.33. The van der Waals surface area contributed by atoms with E-state index in [0.29, 0.717) is 11.6 Å². The molecule has 15 heavy (non-hydrogen) atoms. The van der Waals surface area contributed by atoms with Crippen molar-refractivity contribution in [3.05, 3.63) is 12.7 Å². The second kappa shape index (κ2) is 5.66. The van der Waals surface area contributed by atoms with Crippen molar-refractivity contribution in [3.8, 4) is 0 Å². The van der Waals surface area contributed by atoms with E-state index >= 15 is 0 Å². The highest BCUT2D eigenvalue weighted by molar-refractivity contribution is 4.91. The number of rotatable bonds is 5. The van der Waals surface area contributed by atoms with Crippen LogP contribution >= 0.6 is 0 Å². The first-order chi connectivity index (χ1) is 7.07. The van der Waals surface area contributed by atoms with Gasteiger partial charge in [-0.2, -0.15) is 0 Å². The van der Waals surface area contributed by atoms with Crippen molar-refractivity contribution in [2.75, 3.05) is 19.6 Å². The van der Waals surface area contributed by atoms with Gasteiger partial charge in [0, 0.05) is 24.7 Å². The molecule has 0 aromatic heterocycles. The highest BCUT2D eigenvalue weighted by Crippen LogP contribution is 2.20. The van der Waals surface area contributed by atoms with Crippen molar-refractivity contribution in [2.24, 2.45) is 0 Å². The smallest absolute Gasteiger partial charge is 0.0280 e. The lowest BCUT2D eigenvalue weighted by Gasteiger charge is -2.40. The van der Waals surface area contributed by atoms with Crippen LogP contribution in [0.4, 0.5) is 0 Å². The van der Waals surface area contributed by atoms with E-state index in [9.17, 15) is 0 Å². The van der Waals surface area contributed by atoms with Crippen molar-refractivity contribution in [2.45, 2.75) is 51.6 Å². The van der Waals surface area contributed by atoms with Crippen LogP contribution in [0.1, 0.15) is 40.0 Å². The van der Waals surface area contributed by atoms with Gasteiger partial charge in [-0.1, -0.05) is 12.5 Å². The SMILES string of the molecule is C=CCN(CC1(C)CCCCN1)C(C)C. The summed E-state index contributed by atoms with van der Waals surface area (Å²) >= 11 is 0. The largest absolute Gasteiger partial charge is 0.310 e. The number of nitrogens with zero attached hydrogens (tertiary/aromatic N) is 1. The summed E-state index contributed by atoms with van der Waals surface area (Å²) in [5.41, 5.74) is 0.311. The van der Waals surface area contributed by atoms with Crippen LogP contribution in [-0.4, -0.2) is 36.1 Å². The Morgan fingerprint density at radius 3 is 2.67 bits per heavy atom. The van der Waals surface area contributed by atoms with Crippen LogP contribution < -0.4 is 5.32 Å². The number of hydrogen-bond donors (Lipinski definition) is 1. The molecule has 0 aliphatic carbocycles. The molecule has 0 aromatic carbocycles. The molecule has 1 rings (SSSR count). The third-order valence-electron chi connectivity index (χ3n) is 3.35. The molecule has 0 radical (unpaired) electrons. The van der Waals surface area contributed by atoms with Crippen molar-refractivity contribution in [1.29, 1.82) is 0 Å². The van der Waals surface area contributed by atoms with Gasteiger partial charge in [-0.15, -0.1) is 6.58 Å². The molecule has 1 unspecified atom stereocenters. The number of hydrogen-bond acceptors (Lipinski definition) is 2. The summed E-state index contributed by atoms with van der Waals surface area (Å²) in [7, 11) is 0. The molecule has 2 heteroatoms. The van der Waals surface area contributed by atoms with E-state index in [-0.39, 0.29) is 0 Å². The molecule has 1 aliphatic heterocycles. The van der Waals surface area contributed by atoms with Gasteiger partial charge in [0.2, 0.25) is 0 Å². The molecule has 1 aliphatic rings. The predicted octanol–water partition coefficient (Wildman–Crippen LogP) is 2.42. The topological polar surface area (TPSA) is 15.3 Å². The van der Waals surface area contributed by atoms with Crippen LogP contribution in [0.5, 0.6) is 0 Å². The Kier molecular flexibility index (Phi) is 4.81. The van der Waals surface area contributed by atoms with E-state index in [1.807, 2.05) is 6.08 Å². The van der Waals surface area contributed by atoms with Gasteiger partial charge in [0.25, 0.3) is 0 Å². The Morgan fingerprint density at radius 1 is 1.47 bits per heavy atom. The first-order valence-corrected chi connectivity index (χ1v) is 6.17. The molecule has 0 spiro atoms. The van der Waals surface area contributed by atoms with Gasteiger partial charge in [0.1, 0.15) is 0 Å². The molecule has 1 atom stereocenters. The minimum Gasteiger partial charge on any atom is -0.310 e. The number of nitrogens with one attached hydrogen (secondary N) is 1. The highest BCUT2D eigenvalue weighted by Gasteiger charge is 2.28. The van der Waals surface area contributed by atoms with Gasteiger partial charge in [0.05, 0.1) is 0 Å². The van der Waals surface area contributed by atoms with Gasteiger partial charge >= 0.3 is 0 Å². The molecular formula is C13H26N2. The first kappa shape index (κ1) is 12.7. The quantitative estimate of drug-likeness (QED) is 0.701. The Bertz CT molecular complexity index is 193. The maximum absolute atomic E-state index is 3.84. The van der Waals surface area contributed by atoms with Gasteiger partial charge in [0.15, 0.2) is 0 Å². The van der Waals surface area contributed by atoms with Crippen molar-refractivity contribution in [1.82, 2.24) is 10.2 Å². The fourth-order valence-electron chi connectivity index (χ4n) is 2.33. The van der Waals surface area contributed by atoms with Crippen LogP contribution in [0.25, 0.3) is 0 Å². The molecule has 0 aromatic rings. The van der Waals surface area contributed by atoms with Crippen molar-refractivity contribution >= 4 is 0 Å². The van der Waals surface area contributed by atoms with Crippen LogP contribution in [0.3, 0.4) is 0 Å². The maximum Gasteiger partial charge on any atom is 0.0280 e. The fraction of sp³-hybridized carbons (Fsp3) is 0.846. The molecule has 0 saturated carbocycles. The first-order valence-electron chi connectivity index (χ1n) is 6.17. The van der Waals surface area contributed by atoms with E-state index < -0.39 is 0 Å². The maximum atomic E-state index is 3.84. The van der Waals surface area contributed by atoms with Gasteiger partial charge in [-0.05, 0) is 40.2 Å². The summed E-state index contributed by atoms with van der Waals surface area (Å²) in [6.45, 7) is 14.0. The van der Waals surface area contributed by atoms with E-state index in [1.54, 1.807) is 0 Å². The Balaban J connectivity index is 2.51. The lowest BCUT2D eigenvalue weighted by atomic mass is 9.90. The van der Waals surface area contributed by atoms with E-state index in [4.69, 9.17) is 0 Å². The summed E-state index contributed by atoms with van der Waals surface area (Å²) in [6.07, 6.45) is 6.00. The number of piperidine rings is 1. The molecule has 0 amide bonds. The average Bonchev–Trinajstić information content (AvgIpc) is 2.18. The summed E-state index contributed by atoms with van der Waals surface area (Å²) in [5.74, 6) is 0. The second-order valence-electron chi connectivity index (χ2n) is 5.26. The van der Waals surface area contributed by atoms with Crippen LogP contribution in [0, 0.1) is 0 Å². The van der Waals surface area contributed by atoms with E-state index in [0.717, 1.165) is 13.1 Å². The molecule has 1 N–H and O–H groups in total. The molecule has 2 nitrogen and oxygen atoms in total. The molecule has 1 fully saturated rings. The standard InChI is InChI=1S/C13H26N2/c1-5-10-15(12(2)3)11-13(4)8-6-7-9-14-13/h5,12,14H,1,6-11H2,2-4H3. The average molecular weight is 210 g/mol. The van der Waals surface area contributed by atoms with E-state index in [2.05, 4.69) is 37.6 Å². The minimum atomic E-state index is 0.311. The van der Waals surface area contributed by atoms with Gasteiger partial charge in [-0.25, -0.2) is 0 Å². The summed E-state index contributed by atoms with van der Waals surface area (Å²) < 4.78 is 0. The summed E-state index contributed by atoms with van der Waals surface area (Å²) in [6, 6.07) is 0.601. The minimum absolute atomic E-state index is 0.311. The third kappa shape index (κ3) is 3.96. The molecule has 1 saturated heterocycles. The summed E-state index contributed by atoms with van der Waals surface area (Å²) in [4.78, 5) is 2.49. The summed E-state index contributed by atoms with van der Waals surface area (Å²) in [5, 5.41) is 3.66. The Labute approximate surface area is 94.7 Å². The second-order valence-corrected chi connectivity index (χ2v) is 5.26. The third-order valence-corrected chi connectivity index (χ3v) is 3.35. The zero-order chi connectivity index (χ0) is 11.3. The van der Waals surface area contributed by atoms with Crippen molar-refractivity contribution in [3.63, 3.8) is 0 Å². The molecule has 0 bridgehead atoms. The normalized spacial score (nSPS) is 27.3. The lowest BCUT2D eigenvalue weighted by Crippen LogP contribution is -2.54. The Hall–Kier alpha value is -0.340. The molecule has 88 valence electrons. The molecule has 1 heterocycles. The van der Waals surface area contributed by atoms with E-state index in [1.165, 1.54) is 25.8 Å². The van der Waals surface area contributed by atoms with Crippen molar-refractivity contribution < 1.29 is 0 Å². The van der Waals surface area contributed by atoms with Crippen LogP contribution in [0.2, 0.25) is 0 Å². The van der Waals surface area contributed by atoms with Crippen LogP contribution in [0.15, 0.2) is 12.7 Å². The highest BCUT2D eigenvalue weighted by atomic mass is 15.2. The zero-order valence-corrected chi connectivity index (χ0v) is 10.6. The Morgan fingerprint density at radius 2 is 2.20 bits per heavy atom. The van der Waals surface area contributed by atoms with Crippen LogP contribution in [-0.2, 0) is 0 Å². The lowest BCUT2D eigenvalue weighted by molar-refractivity contribution is 0.149. The monoisotopic (exact) mass is 210 g/mol. The van der Waals surface area contributed by atoms with Gasteiger partial charge < -0.3 is 5.32 Å². The molecular weight excluding hydrogens is 184 g/mol. The van der Waals surface area contributed by atoms with Gasteiger partial charge in [-0.3, -0.25) is 4.90 Å². The predicted molar refractivity (Wildman–Crippen MR) is 67.2 cm³/mol.